The summed E-state index contributed by atoms with van der Waals surface area (Å²) in [4.78, 5) is 0. The maximum Gasteiger partial charge on any atom is 0.481 e. The van der Waals surface area contributed by atoms with Crippen LogP contribution in [0.5, 0.6) is 0 Å². The van der Waals surface area contributed by atoms with Gasteiger partial charge in [0, 0.05) is 0 Å². The zero-order valence-electron chi connectivity index (χ0n) is 7.43. The van der Waals surface area contributed by atoms with Gasteiger partial charge in [-0.25, -0.2) is 0 Å². The quantitative estimate of drug-likeness (QED) is 0.342. The van der Waals surface area contributed by atoms with Crippen LogP contribution >= 0.6 is 0 Å². The van der Waals surface area contributed by atoms with Crippen LogP contribution in [-0.4, -0.2) is 18.2 Å². The standard InChI is InChI=1S/C8H12NO4/c1-5-11-8(9(4)10,12-6-2)13-7-3/h5-7H,1-3H2,4H3/q-1. The van der Waals surface area contributed by atoms with Gasteiger partial charge in [-0.15, -0.1) is 0 Å². The second-order valence-corrected chi connectivity index (χ2v) is 1.87. The van der Waals surface area contributed by atoms with Gasteiger partial charge in [-0.05, 0) is 7.05 Å². The van der Waals surface area contributed by atoms with Crippen LogP contribution in [0.4, 0.5) is 0 Å². The van der Waals surface area contributed by atoms with Gasteiger partial charge in [-0.3, -0.25) is 5.06 Å². The van der Waals surface area contributed by atoms with Crippen LogP contribution in [0.25, 0.3) is 0 Å². The third-order valence-corrected chi connectivity index (χ3v) is 1.08. The van der Waals surface area contributed by atoms with Crippen molar-refractivity contribution < 1.29 is 14.2 Å². The number of ether oxygens (including phenoxy) is 3. The molecule has 0 aromatic carbocycles. The van der Waals surface area contributed by atoms with Crippen LogP contribution in [0.2, 0.25) is 0 Å². The maximum atomic E-state index is 11.0. The Morgan fingerprint density at radius 3 is 1.54 bits per heavy atom. The van der Waals surface area contributed by atoms with E-state index < -0.39 is 6.10 Å². The lowest BCUT2D eigenvalue weighted by molar-refractivity contribution is -0.379. The summed E-state index contributed by atoms with van der Waals surface area (Å²) in [7, 11) is 1.16. The second kappa shape index (κ2) is 5.23. The normalized spacial score (nSPS) is 10.4. The molecule has 0 amide bonds. The van der Waals surface area contributed by atoms with Crippen molar-refractivity contribution in [3.63, 3.8) is 0 Å². The minimum absolute atomic E-state index is 0.318. The van der Waals surface area contributed by atoms with Crippen molar-refractivity contribution in [3.8, 4) is 0 Å². The van der Waals surface area contributed by atoms with Crippen molar-refractivity contribution in [2.24, 2.45) is 0 Å². The van der Waals surface area contributed by atoms with E-state index in [9.17, 15) is 5.21 Å². The molecule has 0 aliphatic rings. The molecule has 0 aromatic rings. The number of hydrogen-bond acceptors (Lipinski definition) is 5. The molecule has 5 heteroatoms. The third kappa shape index (κ3) is 2.81. The van der Waals surface area contributed by atoms with Crippen molar-refractivity contribution in [2.75, 3.05) is 7.05 Å². The summed E-state index contributed by atoms with van der Waals surface area (Å²) >= 11 is 0. The molecule has 0 aliphatic heterocycles. The van der Waals surface area contributed by atoms with E-state index in [1.165, 1.54) is 0 Å². The molecule has 0 atom stereocenters. The summed E-state index contributed by atoms with van der Waals surface area (Å²) in [5, 5.41) is 11.4. The molecule has 0 unspecified atom stereocenters. The molecule has 74 valence electrons. The van der Waals surface area contributed by atoms with E-state index in [0.29, 0.717) is 5.06 Å². The Bertz CT molecular complexity index is 164. The molecule has 0 fully saturated rings. The van der Waals surface area contributed by atoms with Crippen LogP contribution in [0.15, 0.2) is 38.5 Å². The Hall–Kier alpha value is -1.46. The van der Waals surface area contributed by atoms with Gasteiger partial charge in [0.2, 0.25) is 0 Å². The Morgan fingerprint density at radius 2 is 1.38 bits per heavy atom. The van der Waals surface area contributed by atoms with Gasteiger partial charge in [0.15, 0.2) is 0 Å². The first kappa shape index (κ1) is 11.5. The van der Waals surface area contributed by atoms with Crippen molar-refractivity contribution in [3.05, 3.63) is 43.7 Å². The third-order valence-electron chi connectivity index (χ3n) is 1.08. The summed E-state index contributed by atoms with van der Waals surface area (Å²) in [6.45, 7) is 9.83. The lowest BCUT2D eigenvalue weighted by Gasteiger charge is -2.39. The summed E-state index contributed by atoms with van der Waals surface area (Å²) in [6, 6.07) is 0. The molecule has 0 N–H and O–H groups in total. The highest BCUT2D eigenvalue weighted by Crippen LogP contribution is 2.19. The predicted molar refractivity (Wildman–Crippen MR) is 47.7 cm³/mol. The minimum Gasteiger partial charge on any atom is -0.777 e. The zero-order valence-corrected chi connectivity index (χ0v) is 7.43. The van der Waals surface area contributed by atoms with Gasteiger partial charge in [-0.2, -0.15) is 0 Å². The van der Waals surface area contributed by atoms with Crippen molar-refractivity contribution in [2.45, 2.75) is 6.10 Å². The molecule has 0 radical (unpaired) electrons. The average molecular weight is 186 g/mol. The Labute approximate surface area is 77.1 Å². The lowest BCUT2D eigenvalue weighted by atomic mass is 10.8. The number of hydrogen-bond donors (Lipinski definition) is 0. The summed E-state index contributed by atoms with van der Waals surface area (Å²) in [5.74, 6) is 0. The van der Waals surface area contributed by atoms with Gasteiger partial charge >= 0.3 is 6.10 Å². The van der Waals surface area contributed by atoms with Crippen LogP contribution in [0.3, 0.4) is 0 Å². The topological polar surface area (TPSA) is 54.0 Å². The van der Waals surface area contributed by atoms with Crippen LogP contribution in [0, 0.1) is 5.21 Å². The van der Waals surface area contributed by atoms with Gasteiger partial charge in [0.05, 0.1) is 18.8 Å². The fraction of sp³-hybridized carbons (Fsp3) is 0.250. The molecule has 0 spiro atoms. The highest BCUT2D eigenvalue weighted by atomic mass is 16.9. The van der Waals surface area contributed by atoms with Gasteiger partial charge in [-0.1, -0.05) is 19.7 Å². The van der Waals surface area contributed by atoms with E-state index in [4.69, 9.17) is 14.2 Å². The largest absolute Gasteiger partial charge is 0.777 e. The number of hydroxylamine groups is 2. The van der Waals surface area contributed by atoms with Crippen LogP contribution in [-0.2, 0) is 14.2 Å². The van der Waals surface area contributed by atoms with E-state index in [1.807, 2.05) is 0 Å². The fourth-order valence-corrected chi connectivity index (χ4v) is 0.622. The fourth-order valence-electron chi connectivity index (χ4n) is 0.622. The van der Waals surface area contributed by atoms with E-state index in [1.54, 1.807) is 0 Å². The van der Waals surface area contributed by atoms with Crippen molar-refractivity contribution in [1.82, 2.24) is 5.06 Å². The lowest BCUT2D eigenvalue weighted by Crippen LogP contribution is -2.47. The summed E-state index contributed by atoms with van der Waals surface area (Å²) in [6.07, 6.45) is 1.12. The average Bonchev–Trinajstić information content (AvgIpc) is 2.05. The minimum atomic E-state index is -1.93. The highest BCUT2D eigenvalue weighted by Gasteiger charge is 2.34. The zero-order chi connectivity index (χ0) is 10.3. The number of rotatable bonds is 7. The molecular weight excluding hydrogens is 174 g/mol. The first-order valence-electron chi connectivity index (χ1n) is 3.40. The van der Waals surface area contributed by atoms with Gasteiger partial charge in [0.1, 0.15) is 0 Å². The van der Waals surface area contributed by atoms with Crippen LogP contribution in [0.1, 0.15) is 0 Å². The Kier molecular flexibility index (Phi) is 4.64. The van der Waals surface area contributed by atoms with E-state index in [2.05, 4.69) is 19.7 Å². The SMILES string of the molecule is C=COC(OC=C)(OC=C)N(C)[O-]. The molecule has 5 nitrogen and oxygen atoms in total. The summed E-state index contributed by atoms with van der Waals surface area (Å²) < 4.78 is 14.3. The van der Waals surface area contributed by atoms with Gasteiger partial charge < -0.3 is 19.4 Å². The maximum absolute atomic E-state index is 11.0. The second-order valence-electron chi connectivity index (χ2n) is 1.87. The highest BCUT2D eigenvalue weighted by molar-refractivity contribution is 4.70. The van der Waals surface area contributed by atoms with Gasteiger partial charge in [0.25, 0.3) is 0 Å². The van der Waals surface area contributed by atoms with Crippen molar-refractivity contribution >= 4 is 0 Å². The van der Waals surface area contributed by atoms with Crippen LogP contribution < -0.4 is 0 Å². The molecular formula is C8H12NO4-. The molecule has 0 aliphatic carbocycles. The smallest absolute Gasteiger partial charge is 0.481 e. The molecule has 0 rings (SSSR count). The molecule has 0 aromatic heterocycles. The first-order chi connectivity index (χ1) is 6.13. The predicted octanol–water partition coefficient (Wildman–Crippen LogP) is 1.51. The van der Waals surface area contributed by atoms with E-state index >= 15 is 0 Å². The molecule has 13 heavy (non-hydrogen) atoms. The summed E-state index contributed by atoms with van der Waals surface area (Å²) in [5.41, 5.74) is 0. The van der Waals surface area contributed by atoms with E-state index in [-0.39, 0.29) is 0 Å². The van der Waals surface area contributed by atoms with Crippen molar-refractivity contribution in [1.29, 1.82) is 0 Å². The Balaban J connectivity index is 4.65. The number of nitrogens with zero attached hydrogens (tertiary/aromatic N) is 1. The monoisotopic (exact) mass is 186 g/mol. The molecule has 0 saturated carbocycles. The Morgan fingerprint density at radius 1 is 1.08 bits per heavy atom. The molecule has 0 saturated heterocycles. The molecule has 0 bridgehead atoms. The molecule has 0 heterocycles. The first-order valence-corrected chi connectivity index (χ1v) is 3.40. The van der Waals surface area contributed by atoms with E-state index in [0.717, 1.165) is 25.8 Å².